The van der Waals surface area contributed by atoms with Crippen LogP contribution in [0.15, 0.2) is 41.4 Å². The van der Waals surface area contributed by atoms with Crippen molar-refractivity contribution in [3.8, 4) is 5.75 Å². The Balaban J connectivity index is 2.48. The summed E-state index contributed by atoms with van der Waals surface area (Å²) in [6.45, 7) is 6.29. The van der Waals surface area contributed by atoms with Crippen LogP contribution in [0.1, 0.15) is 37.0 Å². The number of hydrogen-bond donors (Lipinski definition) is 1. The first-order chi connectivity index (χ1) is 10.9. The maximum Gasteiger partial charge on any atom is 0.123 e. The molecule has 4 heteroatoms. The lowest BCUT2D eigenvalue weighted by Gasteiger charge is -2.31. The second-order valence-electron chi connectivity index (χ2n) is 5.95. The predicted molar refractivity (Wildman–Crippen MR) is 98.4 cm³/mol. The Morgan fingerprint density at radius 1 is 1.26 bits per heavy atom. The average Bonchev–Trinajstić information content (AvgIpc) is 2.52. The summed E-state index contributed by atoms with van der Waals surface area (Å²) in [4.78, 5) is 4.03. The van der Waals surface area contributed by atoms with Crippen molar-refractivity contribution in [1.29, 1.82) is 0 Å². The van der Waals surface area contributed by atoms with E-state index < -0.39 is 0 Å². The molecule has 2 atom stereocenters. The zero-order valence-corrected chi connectivity index (χ0v) is 15.0. The lowest BCUT2D eigenvalue weighted by molar-refractivity contribution is 0.456. The van der Waals surface area contributed by atoms with Gasteiger partial charge in [0.25, 0.3) is 0 Å². The summed E-state index contributed by atoms with van der Waals surface area (Å²) >= 11 is 0. The Morgan fingerprint density at radius 2 is 2.00 bits per heavy atom. The fourth-order valence-corrected chi connectivity index (χ4v) is 4.18. The fourth-order valence-electron chi connectivity index (χ4n) is 2.63. The monoisotopic (exact) mass is 331 g/mol. The number of rotatable bonds is 5. The van der Waals surface area contributed by atoms with Gasteiger partial charge in [0.1, 0.15) is 11.6 Å². The van der Waals surface area contributed by atoms with Gasteiger partial charge in [-0.1, -0.05) is 46.2 Å². The molecule has 0 spiro atoms. The summed E-state index contributed by atoms with van der Waals surface area (Å²) in [6.07, 6.45) is 2.57. The molecule has 0 bridgehead atoms. The molecule has 122 valence electrons. The second kappa shape index (κ2) is 7.23. The van der Waals surface area contributed by atoms with Gasteiger partial charge in [0.05, 0.1) is 0 Å². The van der Waals surface area contributed by atoms with Crippen molar-refractivity contribution in [2.24, 2.45) is 4.99 Å². The smallest absolute Gasteiger partial charge is 0.123 e. The molecule has 1 N–H and O–H groups in total. The Morgan fingerprint density at radius 3 is 2.65 bits per heavy atom. The molecule has 2 unspecified atom stereocenters. The number of phenolic OH excluding ortho intramolecular Hbond substituents is 1. The highest BCUT2D eigenvalue weighted by Crippen LogP contribution is 2.47. The Bertz CT molecular complexity index is 729. The van der Waals surface area contributed by atoms with Crippen molar-refractivity contribution in [2.75, 3.05) is 7.05 Å². The number of phenols is 1. The van der Waals surface area contributed by atoms with E-state index in [2.05, 4.69) is 18.8 Å². The average molecular weight is 331 g/mol. The number of hydrogen-bond acceptors (Lipinski definition) is 2. The number of aromatic hydroxyl groups is 1. The van der Waals surface area contributed by atoms with Crippen LogP contribution in [0, 0.1) is 12.7 Å². The normalized spacial score (nSPS) is 14.7. The van der Waals surface area contributed by atoms with Crippen LogP contribution in [-0.4, -0.2) is 18.4 Å². The van der Waals surface area contributed by atoms with Gasteiger partial charge in [0, 0.05) is 29.5 Å². The fraction of sp³-hybridized carbons (Fsp3) is 0.316. The van der Waals surface area contributed by atoms with Gasteiger partial charge in [0.2, 0.25) is 0 Å². The van der Waals surface area contributed by atoms with Gasteiger partial charge < -0.3 is 5.11 Å². The molecular formula is C19H23FNOP. The molecule has 2 aromatic carbocycles. The summed E-state index contributed by atoms with van der Waals surface area (Å²) in [5.74, 6) is 0.0605. The largest absolute Gasteiger partial charge is 0.508 e. The molecule has 0 aliphatic carbocycles. The molecule has 0 radical (unpaired) electrons. The van der Waals surface area contributed by atoms with Gasteiger partial charge in [-0.15, -0.1) is 0 Å². The van der Waals surface area contributed by atoms with Crippen LogP contribution >= 0.6 is 8.58 Å². The molecule has 0 aliphatic heterocycles. The molecule has 0 fully saturated rings. The lowest BCUT2D eigenvalue weighted by Crippen LogP contribution is -2.20. The highest BCUT2D eigenvalue weighted by molar-refractivity contribution is 7.48. The zero-order valence-electron chi connectivity index (χ0n) is 14.0. The zero-order chi connectivity index (χ0) is 17.0. The van der Waals surface area contributed by atoms with Crippen LogP contribution in [0.3, 0.4) is 0 Å². The number of aliphatic imine (C=N–C) groups is 1. The minimum Gasteiger partial charge on any atom is -0.508 e. The summed E-state index contributed by atoms with van der Waals surface area (Å²) in [5, 5.41) is 11.2. The van der Waals surface area contributed by atoms with E-state index in [0.717, 1.165) is 28.4 Å². The van der Waals surface area contributed by atoms with Gasteiger partial charge >= 0.3 is 0 Å². The van der Waals surface area contributed by atoms with Gasteiger partial charge in [-0.3, -0.25) is 4.99 Å². The molecule has 2 nitrogen and oxygen atoms in total. The van der Waals surface area contributed by atoms with Gasteiger partial charge in [-0.25, -0.2) is 4.39 Å². The van der Waals surface area contributed by atoms with Gasteiger partial charge in [0.15, 0.2) is 0 Å². The highest BCUT2D eigenvalue weighted by atomic mass is 31.1. The molecule has 0 saturated carbocycles. The lowest BCUT2D eigenvalue weighted by atomic mass is 9.95. The van der Waals surface area contributed by atoms with Crippen molar-refractivity contribution in [3.05, 3.63) is 58.9 Å². The first-order valence-corrected chi connectivity index (χ1v) is 8.69. The van der Waals surface area contributed by atoms with E-state index in [0.29, 0.717) is 14.3 Å². The van der Waals surface area contributed by atoms with Crippen LogP contribution in [0.4, 0.5) is 4.39 Å². The van der Waals surface area contributed by atoms with Gasteiger partial charge in [-0.2, -0.15) is 0 Å². The third kappa shape index (κ3) is 3.97. The topological polar surface area (TPSA) is 32.6 Å². The van der Waals surface area contributed by atoms with Crippen molar-refractivity contribution < 1.29 is 9.50 Å². The Labute approximate surface area is 139 Å². The summed E-state index contributed by atoms with van der Waals surface area (Å²) in [6, 6.07) is 10.5. The predicted octanol–water partition coefficient (Wildman–Crippen LogP) is 4.52. The molecule has 2 rings (SSSR count). The minimum absolute atomic E-state index is 0.204. The molecule has 0 amide bonds. The molecule has 0 aliphatic rings. The van der Waals surface area contributed by atoms with E-state index in [9.17, 15) is 9.50 Å². The molecule has 2 aromatic rings. The van der Waals surface area contributed by atoms with E-state index in [-0.39, 0.29) is 11.0 Å². The Kier molecular flexibility index (Phi) is 5.54. The van der Waals surface area contributed by atoms with Crippen molar-refractivity contribution >= 4 is 20.1 Å². The van der Waals surface area contributed by atoms with E-state index in [1.165, 1.54) is 12.1 Å². The third-order valence-electron chi connectivity index (χ3n) is 4.15. The number of benzene rings is 2. The second-order valence-corrected chi connectivity index (χ2v) is 7.84. The molecule has 0 heterocycles. The third-order valence-corrected chi connectivity index (χ3v) is 6.05. The van der Waals surface area contributed by atoms with Gasteiger partial charge in [-0.05, 0) is 36.8 Å². The first kappa shape index (κ1) is 17.6. The maximum atomic E-state index is 13.5. The summed E-state index contributed by atoms with van der Waals surface area (Å²) in [7, 11) is 2.09. The van der Waals surface area contributed by atoms with Crippen LogP contribution < -0.4 is 5.30 Å². The standard InChI is InChI=1S/C19H23FNOP/c1-5-19(3,16-10-13(2)6-8-17(16)22)23-18-9-7-15(20)11-14(18)12-21-4/h6-12,22-23H,5H2,1-4H3/b21-12+. The van der Waals surface area contributed by atoms with Crippen molar-refractivity contribution in [3.63, 3.8) is 0 Å². The van der Waals surface area contributed by atoms with E-state index in [4.69, 9.17) is 0 Å². The number of nitrogens with zero attached hydrogens (tertiary/aromatic N) is 1. The number of aryl methyl sites for hydroxylation is 1. The van der Waals surface area contributed by atoms with E-state index in [1.54, 1.807) is 19.3 Å². The van der Waals surface area contributed by atoms with Crippen molar-refractivity contribution in [1.82, 2.24) is 0 Å². The molecule has 23 heavy (non-hydrogen) atoms. The van der Waals surface area contributed by atoms with Crippen molar-refractivity contribution in [2.45, 2.75) is 32.3 Å². The van der Waals surface area contributed by atoms with Crippen LogP contribution in [0.2, 0.25) is 0 Å². The molecular weight excluding hydrogens is 308 g/mol. The van der Waals surface area contributed by atoms with Crippen LogP contribution in [-0.2, 0) is 5.16 Å². The minimum atomic E-state index is -0.259. The Hall–Kier alpha value is -1.73. The molecule has 0 saturated heterocycles. The summed E-state index contributed by atoms with van der Waals surface area (Å²) in [5.41, 5.74) is 2.87. The summed E-state index contributed by atoms with van der Waals surface area (Å²) < 4.78 is 13.5. The highest BCUT2D eigenvalue weighted by Gasteiger charge is 2.29. The van der Waals surface area contributed by atoms with E-state index >= 15 is 0 Å². The SMILES string of the molecule is CCC(C)(Pc1ccc(F)cc1/C=N/C)c1cc(C)ccc1O. The molecule has 0 aromatic heterocycles. The van der Waals surface area contributed by atoms with E-state index in [1.807, 2.05) is 25.1 Å². The van der Waals surface area contributed by atoms with Crippen LogP contribution in [0.5, 0.6) is 5.75 Å². The maximum absolute atomic E-state index is 13.5. The number of halogens is 1. The first-order valence-electron chi connectivity index (χ1n) is 7.69. The van der Waals surface area contributed by atoms with Crippen LogP contribution in [0.25, 0.3) is 0 Å². The quantitative estimate of drug-likeness (QED) is 0.634.